The van der Waals surface area contributed by atoms with E-state index in [9.17, 15) is 9.59 Å². The van der Waals surface area contributed by atoms with Crippen LogP contribution >= 0.6 is 0 Å². The van der Waals surface area contributed by atoms with Gasteiger partial charge in [-0.2, -0.15) is 5.10 Å². The molecule has 0 saturated carbocycles. The van der Waals surface area contributed by atoms with Gasteiger partial charge in [0.2, 0.25) is 0 Å². The summed E-state index contributed by atoms with van der Waals surface area (Å²) in [6.07, 6.45) is -4.65. The number of aromatic amines is 1. The zero-order valence-electron chi connectivity index (χ0n) is 32.0. The number of rotatable bonds is 5. The van der Waals surface area contributed by atoms with Crippen molar-refractivity contribution in [2.45, 2.75) is 19.6 Å². The van der Waals surface area contributed by atoms with Crippen LogP contribution in [0, 0.1) is 13.4 Å². The number of nitrogens with one attached hydrogen (secondary N) is 1. The molecule has 180 valence electrons. The van der Waals surface area contributed by atoms with Gasteiger partial charge >= 0.3 is 0 Å². The summed E-state index contributed by atoms with van der Waals surface area (Å²) in [5, 5.41) is 3.34. The number of H-pyrrole nitrogens is 1. The van der Waals surface area contributed by atoms with Crippen LogP contribution in [0.25, 0.3) is 27.3 Å². The van der Waals surface area contributed by atoms with E-state index in [1.807, 2.05) is 0 Å². The number of ether oxygens (including phenoxy) is 1. The molecule has 4 aromatic rings. The number of carbonyl (C=O) groups excluding carboxylic acids is 2. The fraction of sp³-hybridized carbons (Fsp3) is 0.231. The van der Waals surface area contributed by atoms with Crippen molar-refractivity contribution >= 4 is 28.3 Å². The molecule has 3 aromatic heterocycles. The Hall–Kier alpha value is -4.78. The summed E-state index contributed by atoms with van der Waals surface area (Å²) in [6.45, 7) is -2.72. The number of ketones is 1. The lowest BCUT2D eigenvalue weighted by Gasteiger charge is -2.28. The third kappa shape index (κ3) is 4.01. The van der Waals surface area contributed by atoms with E-state index in [0.717, 1.165) is 23.4 Å². The highest BCUT2D eigenvalue weighted by Gasteiger charge is 2.30. The van der Waals surface area contributed by atoms with Crippen LogP contribution in [0.4, 0.5) is 0 Å². The first kappa shape index (κ1) is 11.8. The molecule has 1 aliphatic rings. The van der Waals surface area contributed by atoms with Gasteiger partial charge < -0.3 is 14.6 Å². The topological polar surface area (TPSA) is 110 Å². The highest BCUT2D eigenvalue weighted by atomic mass is 16.5. The number of pyridine rings is 1. The van der Waals surface area contributed by atoms with Crippen molar-refractivity contribution in [2.24, 2.45) is 0 Å². The predicted molar refractivity (Wildman–Crippen MR) is 132 cm³/mol. The van der Waals surface area contributed by atoms with Crippen LogP contribution in [0.2, 0.25) is 0 Å². The van der Waals surface area contributed by atoms with Gasteiger partial charge in [0.25, 0.3) is 11.7 Å². The van der Waals surface area contributed by atoms with E-state index in [1.54, 1.807) is 6.07 Å². The number of piperidine rings is 1. The van der Waals surface area contributed by atoms with Crippen molar-refractivity contribution in [1.82, 2.24) is 29.6 Å². The molecular weight excluding hydrogens is 458 g/mol. The van der Waals surface area contributed by atoms with Crippen LogP contribution in [0.1, 0.15) is 53.7 Å². The monoisotopic (exact) mass is 495 g/mol. The van der Waals surface area contributed by atoms with Crippen LogP contribution < -0.4 is 4.74 Å². The molecule has 36 heavy (non-hydrogen) atoms. The summed E-state index contributed by atoms with van der Waals surface area (Å²) in [6, 6.07) is 7.04. The van der Waals surface area contributed by atoms with Gasteiger partial charge in [-0.1, -0.05) is 35.9 Å². The standard InChI is InChI=1S/C26H23N7O3/c1-16-30-15-33(31-16)25-23-21(20(36-3)14-29-25)19(13-28-23)24(34)26(35)32-11-9-18(10-12-32)22(27-2)17-7-5-4-6-8-17/h4-8,13-15,28H,9-12H2,1,3H3/i1D3,3D3,9D2,10D2,11D2,12D2. The lowest BCUT2D eigenvalue weighted by atomic mass is 9.97. The first-order chi connectivity index (χ1) is 22.9. The molecule has 0 atom stereocenters. The van der Waals surface area contributed by atoms with Crippen LogP contribution in [-0.4, -0.2) is 61.4 Å². The third-order valence-corrected chi connectivity index (χ3v) is 5.10. The van der Waals surface area contributed by atoms with Gasteiger partial charge in [0, 0.05) is 34.3 Å². The SMILES string of the molecule is [2H]C([2H])([2H])Oc1cnc(-n2cnc(C([2H])([2H])[2H])n2)c2[nH]cc(C(=O)C(=O)N3C([2H])([2H])C([2H])([2H])C(=C([N+]#[C-])c4ccccc4)C([2H])([2H])C3([2H])[2H])c12. The second-order valence-corrected chi connectivity index (χ2v) is 7.16. The number of likely N-dealkylation sites (tertiary alicyclic amines) is 1. The third-order valence-electron chi connectivity index (χ3n) is 5.10. The van der Waals surface area contributed by atoms with Crippen molar-refractivity contribution in [3.05, 3.63) is 83.0 Å². The Kier molecular flexibility index (Phi) is 3.09. The molecule has 0 unspecified atom stereocenters. The molecule has 1 amide bonds. The fourth-order valence-electron chi connectivity index (χ4n) is 3.48. The lowest BCUT2D eigenvalue weighted by Crippen LogP contribution is -2.40. The number of aryl methyl sites for hydroxylation is 1. The summed E-state index contributed by atoms with van der Waals surface area (Å²) in [5.41, 5.74) is -3.07. The van der Waals surface area contributed by atoms with E-state index < -0.39 is 90.0 Å². The molecule has 10 heteroatoms. The number of Topliss-reactive ketones (excluding diaryl/α,β-unsaturated/α-hetero) is 1. The zero-order chi connectivity index (χ0) is 37.4. The van der Waals surface area contributed by atoms with Gasteiger partial charge in [-0.15, -0.1) is 0 Å². The number of fused-ring (bicyclic) bond motifs is 1. The number of nitrogens with zero attached hydrogens (tertiary/aromatic N) is 6. The predicted octanol–water partition coefficient (Wildman–Crippen LogP) is 3.60. The Morgan fingerprint density at radius 3 is 2.72 bits per heavy atom. The van der Waals surface area contributed by atoms with Crippen molar-refractivity contribution in [3.63, 3.8) is 0 Å². The Bertz CT molecular complexity index is 2060. The molecule has 1 aliphatic heterocycles. The Morgan fingerprint density at radius 2 is 2.03 bits per heavy atom. The molecule has 1 saturated heterocycles. The van der Waals surface area contributed by atoms with Crippen molar-refractivity contribution in [2.75, 3.05) is 20.0 Å². The number of hydrogen-bond acceptors (Lipinski definition) is 6. The number of carbonyl (C=O) groups is 2. The summed E-state index contributed by atoms with van der Waals surface area (Å²) in [7, 11) is -3.16. The van der Waals surface area contributed by atoms with Gasteiger partial charge in [0.1, 0.15) is 17.9 Å². The zero-order valence-corrected chi connectivity index (χ0v) is 18.0. The molecule has 1 aromatic carbocycles. The minimum Gasteiger partial charge on any atom is -0.494 e. The molecule has 0 bridgehead atoms. The van der Waals surface area contributed by atoms with Gasteiger partial charge in [-0.3, -0.25) is 9.59 Å². The van der Waals surface area contributed by atoms with Gasteiger partial charge in [-0.05, 0) is 25.2 Å². The number of hydrogen-bond donors (Lipinski definition) is 1. The fourth-order valence-corrected chi connectivity index (χ4v) is 3.48. The molecular formula is C26H23N7O3. The van der Waals surface area contributed by atoms with Crippen LogP contribution in [0.5, 0.6) is 5.75 Å². The lowest BCUT2D eigenvalue weighted by molar-refractivity contribution is -0.126. The van der Waals surface area contributed by atoms with E-state index in [2.05, 4.69) is 24.9 Å². The maximum atomic E-state index is 13.9. The van der Waals surface area contributed by atoms with E-state index >= 15 is 0 Å². The Morgan fingerprint density at radius 1 is 1.22 bits per heavy atom. The molecule has 1 N–H and O–H groups in total. The molecule has 10 nitrogen and oxygen atoms in total. The smallest absolute Gasteiger partial charge is 0.295 e. The number of benzene rings is 1. The minimum atomic E-state index is -3.82. The van der Waals surface area contributed by atoms with Crippen molar-refractivity contribution < 1.29 is 33.5 Å². The second kappa shape index (κ2) is 9.46. The minimum absolute atomic E-state index is 0.0592. The summed E-state index contributed by atoms with van der Waals surface area (Å²) >= 11 is 0. The summed E-state index contributed by atoms with van der Waals surface area (Å²) in [4.78, 5) is 40.9. The Balaban J connectivity index is 1.69. The molecule has 0 spiro atoms. The second-order valence-electron chi connectivity index (χ2n) is 7.16. The average Bonchev–Trinajstić information content (AvgIpc) is 3.67. The van der Waals surface area contributed by atoms with E-state index in [1.165, 1.54) is 24.3 Å². The molecule has 4 heterocycles. The van der Waals surface area contributed by atoms with E-state index in [4.69, 9.17) is 30.5 Å². The normalized spacial score (nSPS) is 25.5. The Labute approximate surface area is 226 Å². The van der Waals surface area contributed by atoms with Crippen molar-refractivity contribution in [3.8, 4) is 11.6 Å². The summed E-state index contributed by atoms with van der Waals surface area (Å²) in [5.74, 6) is -5.35. The largest absolute Gasteiger partial charge is 0.494 e. The van der Waals surface area contributed by atoms with Gasteiger partial charge in [0.05, 0.1) is 40.4 Å². The maximum Gasteiger partial charge on any atom is 0.295 e. The van der Waals surface area contributed by atoms with Gasteiger partial charge in [0.15, 0.2) is 11.5 Å². The highest BCUT2D eigenvalue weighted by Crippen LogP contribution is 2.33. The molecule has 0 aliphatic carbocycles. The highest BCUT2D eigenvalue weighted by molar-refractivity contribution is 6.45. The number of aromatic nitrogens is 5. The first-order valence-electron chi connectivity index (χ1n) is 17.1. The first-order valence-corrected chi connectivity index (χ1v) is 10.1. The van der Waals surface area contributed by atoms with Crippen LogP contribution in [0.15, 0.2) is 54.6 Å². The van der Waals surface area contributed by atoms with E-state index in [-0.39, 0.29) is 16.9 Å². The maximum absolute atomic E-state index is 13.9. The molecule has 0 radical (unpaired) electrons. The van der Waals surface area contributed by atoms with Crippen molar-refractivity contribution in [1.29, 1.82) is 0 Å². The quantitative estimate of drug-likeness (QED) is 0.257. The van der Waals surface area contributed by atoms with Crippen LogP contribution in [0.3, 0.4) is 0 Å². The average molecular weight is 496 g/mol. The van der Waals surface area contributed by atoms with E-state index in [0.29, 0.717) is 0 Å². The molecule has 1 fully saturated rings. The van der Waals surface area contributed by atoms with Gasteiger partial charge in [-0.25, -0.2) is 19.5 Å². The van der Waals surface area contributed by atoms with Crippen LogP contribution in [-0.2, 0) is 4.79 Å². The number of amides is 1. The number of methoxy groups -OCH3 is 1. The molecule has 5 rings (SSSR count). The summed E-state index contributed by atoms with van der Waals surface area (Å²) < 4.78 is 121.